The van der Waals surface area contributed by atoms with Crippen LogP contribution in [0.3, 0.4) is 0 Å². The molecule has 0 aromatic rings. The number of rotatable bonds is 3. The van der Waals surface area contributed by atoms with Crippen LogP contribution in [0.5, 0.6) is 0 Å². The lowest BCUT2D eigenvalue weighted by molar-refractivity contribution is -0.274. The number of aliphatic carboxylic acids is 1. The molecule has 0 atom stereocenters. The number of carbonyl (C=O) groups excluding carboxylic acids is 1. The van der Waals surface area contributed by atoms with Crippen molar-refractivity contribution in [3.05, 3.63) is 23.4 Å². The number of carbonyl (C=O) groups is 2. The summed E-state index contributed by atoms with van der Waals surface area (Å²) in [5.74, 6) is -2.88. The first kappa shape index (κ1) is 9.71. The topological polar surface area (TPSA) is 77.4 Å². The Morgan fingerprint density at radius 2 is 2.00 bits per heavy atom. The second kappa shape index (κ2) is 4.51. The second-order valence-corrected chi connectivity index (χ2v) is 1.88. The highest BCUT2D eigenvalue weighted by Crippen LogP contribution is 2.02. The van der Waals surface area contributed by atoms with Crippen molar-refractivity contribution in [3.63, 3.8) is 0 Å². The van der Waals surface area contributed by atoms with E-state index < -0.39 is 16.8 Å². The fourth-order valence-electron chi connectivity index (χ4n) is 0.302. The average molecular weight is 176 g/mol. The Morgan fingerprint density at radius 1 is 1.45 bits per heavy atom. The van der Waals surface area contributed by atoms with Crippen molar-refractivity contribution in [2.45, 2.75) is 0 Å². The number of hydrogen-bond acceptors (Lipinski definition) is 3. The Balaban J connectivity index is 4.36. The van der Waals surface area contributed by atoms with Gasteiger partial charge in [-0.3, -0.25) is 4.79 Å². The number of hydrogen-bond donors (Lipinski definition) is 1. The van der Waals surface area contributed by atoms with Crippen molar-refractivity contribution < 1.29 is 19.8 Å². The van der Waals surface area contributed by atoms with E-state index in [1.54, 1.807) is 0 Å². The van der Waals surface area contributed by atoms with Crippen LogP contribution in [0.2, 0.25) is 0 Å². The SMILES string of the molecule is O=C(O)C(=O)C(Cl)=CC=C[O-]. The molecular formula is C6H4ClO4-. The Bertz CT molecular complexity index is 229. The zero-order chi connectivity index (χ0) is 8.85. The summed E-state index contributed by atoms with van der Waals surface area (Å²) in [4.78, 5) is 20.3. The summed E-state index contributed by atoms with van der Waals surface area (Å²) in [6.07, 6.45) is 2.24. The molecule has 0 unspecified atom stereocenters. The molecule has 0 saturated heterocycles. The zero-order valence-corrected chi connectivity index (χ0v) is 6.04. The summed E-state index contributed by atoms with van der Waals surface area (Å²) in [5.41, 5.74) is 0. The molecule has 0 spiro atoms. The monoisotopic (exact) mass is 175 g/mol. The van der Waals surface area contributed by atoms with Gasteiger partial charge in [0.2, 0.25) is 0 Å². The van der Waals surface area contributed by atoms with Gasteiger partial charge in [0, 0.05) is 0 Å². The summed E-state index contributed by atoms with van der Waals surface area (Å²) < 4.78 is 0. The van der Waals surface area contributed by atoms with Crippen LogP contribution in [0.25, 0.3) is 0 Å². The van der Waals surface area contributed by atoms with Crippen molar-refractivity contribution in [2.24, 2.45) is 0 Å². The molecule has 0 amide bonds. The van der Waals surface area contributed by atoms with Gasteiger partial charge in [-0.15, -0.1) is 6.26 Å². The van der Waals surface area contributed by atoms with Gasteiger partial charge in [-0.25, -0.2) is 4.79 Å². The van der Waals surface area contributed by atoms with Crippen molar-refractivity contribution in [3.8, 4) is 0 Å². The Morgan fingerprint density at radius 3 is 2.36 bits per heavy atom. The molecule has 0 fully saturated rings. The predicted octanol–water partition coefficient (Wildman–Crippen LogP) is -0.363. The van der Waals surface area contributed by atoms with E-state index >= 15 is 0 Å². The first-order valence-corrected chi connectivity index (χ1v) is 2.89. The van der Waals surface area contributed by atoms with E-state index in [0.29, 0.717) is 6.26 Å². The van der Waals surface area contributed by atoms with Gasteiger partial charge >= 0.3 is 5.97 Å². The summed E-state index contributed by atoms with van der Waals surface area (Å²) in [6, 6.07) is 0. The molecule has 0 aromatic heterocycles. The summed E-state index contributed by atoms with van der Waals surface area (Å²) >= 11 is 5.15. The van der Waals surface area contributed by atoms with Gasteiger partial charge in [0.1, 0.15) is 0 Å². The second-order valence-electron chi connectivity index (χ2n) is 1.48. The van der Waals surface area contributed by atoms with Gasteiger partial charge in [-0.2, -0.15) is 0 Å². The molecule has 5 heteroatoms. The van der Waals surface area contributed by atoms with Crippen LogP contribution in [-0.4, -0.2) is 16.9 Å². The van der Waals surface area contributed by atoms with Crippen LogP contribution in [0.4, 0.5) is 0 Å². The lowest BCUT2D eigenvalue weighted by atomic mass is 10.3. The van der Waals surface area contributed by atoms with E-state index in [2.05, 4.69) is 0 Å². The number of carboxylic acid groups (broad SMARTS) is 1. The van der Waals surface area contributed by atoms with Crippen LogP contribution in [0, 0.1) is 0 Å². The zero-order valence-electron chi connectivity index (χ0n) is 5.28. The average Bonchev–Trinajstić information content (AvgIpc) is 1.98. The van der Waals surface area contributed by atoms with Crippen LogP contribution in [-0.2, 0) is 9.59 Å². The highest BCUT2D eigenvalue weighted by atomic mass is 35.5. The van der Waals surface area contributed by atoms with Crippen molar-refractivity contribution in [1.29, 1.82) is 0 Å². The Labute approximate surface area is 67.4 Å². The quantitative estimate of drug-likeness (QED) is 0.275. The minimum absolute atomic E-state index is 0.386. The first-order chi connectivity index (χ1) is 5.09. The smallest absolute Gasteiger partial charge is 0.378 e. The summed E-state index contributed by atoms with van der Waals surface area (Å²) in [5, 5.41) is 17.3. The summed E-state index contributed by atoms with van der Waals surface area (Å²) in [6.45, 7) is 0. The Kier molecular flexibility index (Phi) is 3.98. The maximum absolute atomic E-state index is 10.4. The van der Waals surface area contributed by atoms with Gasteiger partial charge in [0.25, 0.3) is 5.78 Å². The van der Waals surface area contributed by atoms with E-state index in [9.17, 15) is 14.7 Å². The molecule has 4 nitrogen and oxygen atoms in total. The van der Waals surface area contributed by atoms with Crippen LogP contribution in [0.15, 0.2) is 23.4 Å². The van der Waals surface area contributed by atoms with Gasteiger partial charge in [0.15, 0.2) is 0 Å². The van der Waals surface area contributed by atoms with E-state index in [4.69, 9.17) is 16.7 Å². The lowest BCUT2D eigenvalue weighted by Crippen LogP contribution is -2.11. The van der Waals surface area contributed by atoms with Gasteiger partial charge in [0.05, 0.1) is 5.03 Å². The standard InChI is InChI=1S/C6H5ClO4/c7-4(2-1-3-8)5(9)6(10)11/h1-3,8H,(H,10,11)/p-1. The molecule has 0 aliphatic carbocycles. The molecule has 0 saturated carbocycles. The van der Waals surface area contributed by atoms with Crippen LogP contribution in [0.1, 0.15) is 0 Å². The molecule has 0 aliphatic heterocycles. The van der Waals surface area contributed by atoms with Gasteiger partial charge in [-0.1, -0.05) is 17.7 Å². The lowest BCUT2D eigenvalue weighted by Gasteiger charge is -1.89. The predicted molar refractivity (Wildman–Crippen MR) is 35.7 cm³/mol. The highest BCUT2D eigenvalue weighted by molar-refractivity contribution is 6.56. The largest absolute Gasteiger partial charge is 0.878 e. The van der Waals surface area contributed by atoms with Crippen LogP contribution < -0.4 is 5.11 Å². The molecule has 0 aliphatic rings. The molecule has 0 rings (SSSR count). The van der Waals surface area contributed by atoms with Gasteiger partial charge in [-0.05, 0) is 6.08 Å². The van der Waals surface area contributed by atoms with E-state index in [-0.39, 0.29) is 0 Å². The van der Waals surface area contributed by atoms with Gasteiger partial charge < -0.3 is 10.2 Å². The van der Waals surface area contributed by atoms with E-state index in [1.807, 2.05) is 0 Å². The Hall–Kier alpha value is -1.29. The number of Topliss-reactive ketones (excluding diaryl/α,β-unsaturated/α-hetero) is 1. The third kappa shape index (κ3) is 3.42. The molecule has 60 valence electrons. The third-order valence-corrected chi connectivity index (χ3v) is 1.03. The maximum Gasteiger partial charge on any atom is 0.378 e. The van der Waals surface area contributed by atoms with Crippen molar-refractivity contribution in [1.82, 2.24) is 0 Å². The number of halogens is 1. The molecule has 0 aromatic carbocycles. The van der Waals surface area contributed by atoms with Crippen LogP contribution >= 0.6 is 11.6 Å². The third-order valence-electron chi connectivity index (χ3n) is 0.732. The van der Waals surface area contributed by atoms with Crippen molar-refractivity contribution in [2.75, 3.05) is 0 Å². The fraction of sp³-hybridized carbons (Fsp3) is 0. The number of allylic oxidation sites excluding steroid dienone is 2. The molecule has 0 heterocycles. The first-order valence-electron chi connectivity index (χ1n) is 2.51. The summed E-state index contributed by atoms with van der Waals surface area (Å²) in [7, 11) is 0. The molecular weight excluding hydrogens is 172 g/mol. The molecule has 11 heavy (non-hydrogen) atoms. The normalized spacial score (nSPS) is 11.9. The maximum atomic E-state index is 10.4. The fourth-order valence-corrected chi connectivity index (χ4v) is 0.455. The molecule has 0 radical (unpaired) electrons. The highest BCUT2D eigenvalue weighted by Gasteiger charge is 2.13. The number of carboxylic acids is 1. The molecule has 0 bridgehead atoms. The number of ketones is 1. The minimum Gasteiger partial charge on any atom is -0.878 e. The minimum atomic E-state index is -1.65. The van der Waals surface area contributed by atoms with E-state index in [0.717, 1.165) is 12.2 Å². The molecule has 1 N–H and O–H groups in total. The van der Waals surface area contributed by atoms with Crippen molar-refractivity contribution >= 4 is 23.4 Å². The van der Waals surface area contributed by atoms with E-state index in [1.165, 1.54) is 0 Å².